The minimum Gasteiger partial charge on any atom is -0.324 e. The third-order valence-corrected chi connectivity index (χ3v) is 2.83. The number of nitrogens with zero attached hydrogens (tertiary/aromatic N) is 2. The number of benzene rings is 1. The van der Waals surface area contributed by atoms with E-state index in [0.29, 0.717) is 0 Å². The second-order valence-electron chi connectivity index (χ2n) is 4.25. The summed E-state index contributed by atoms with van der Waals surface area (Å²) in [5, 5.41) is 5.67. The Morgan fingerprint density at radius 3 is 2.86 bits per heavy atom. The Hall–Kier alpha value is -1.35. The van der Waals surface area contributed by atoms with Gasteiger partial charge < -0.3 is 5.73 Å². The van der Waals surface area contributed by atoms with Crippen molar-refractivity contribution in [2.24, 2.45) is 5.73 Å². The van der Waals surface area contributed by atoms with Gasteiger partial charge in [-0.1, -0.05) is 18.2 Å². The molecule has 2 N–H and O–H groups in total. The number of fused-ring (bicyclic) bond motifs is 1. The first-order valence-corrected chi connectivity index (χ1v) is 4.96. The molecule has 0 atom stereocenters. The molecule has 1 heterocycles. The van der Waals surface area contributed by atoms with Gasteiger partial charge in [-0.3, -0.25) is 4.68 Å². The van der Waals surface area contributed by atoms with Crippen LogP contribution in [-0.2, 0) is 6.54 Å². The number of nitrogens with two attached hydrogens (primary N) is 1. The van der Waals surface area contributed by atoms with Gasteiger partial charge in [0, 0.05) is 17.1 Å². The van der Waals surface area contributed by atoms with Gasteiger partial charge in [-0.25, -0.2) is 0 Å². The molecule has 2 aromatic rings. The molecule has 1 aromatic heterocycles. The van der Waals surface area contributed by atoms with E-state index in [9.17, 15) is 0 Å². The van der Waals surface area contributed by atoms with Crippen molar-refractivity contribution in [3.05, 3.63) is 30.5 Å². The Morgan fingerprint density at radius 1 is 1.36 bits per heavy atom. The summed E-state index contributed by atoms with van der Waals surface area (Å²) in [6, 6.07) is 8.15. The number of hydrogen-bond donors (Lipinski definition) is 1. The van der Waals surface area contributed by atoms with Gasteiger partial charge in [-0.2, -0.15) is 5.10 Å². The standard InChI is InChI=1S/C11H13N3/c12-11(5-6-11)8-14-7-9-3-1-2-4-10(9)13-14/h1-4,7H,5-6,8,12H2. The molecular weight excluding hydrogens is 174 g/mol. The zero-order chi connectivity index (χ0) is 9.60. The zero-order valence-corrected chi connectivity index (χ0v) is 7.98. The third-order valence-electron chi connectivity index (χ3n) is 2.83. The van der Waals surface area contributed by atoms with Crippen LogP contribution in [0, 0.1) is 0 Å². The number of rotatable bonds is 2. The van der Waals surface area contributed by atoms with Gasteiger partial charge in [0.25, 0.3) is 0 Å². The van der Waals surface area contributed by atoms with Crippen molar-refractivity contribution in [3.63, 3.8) is 0 Å². The predicted octanol–water partition coefficient (Wildman–Crippen LogP) is 1.53. The van der Waals surface area contributed by atoms with Gasteiger partial charge >= 0.3 is 0 Å². The van der Waals surface area contributed by atoms with Gasteiger partial charge in [0.15, 0.2) is 0 Å². The van der Waals surface area contributed by atoms with E-state index < -0.39 is 0 Å². The van der Waals surface area contributed by atoms with Crippen molar-refractivity contribution in [1.29, 1.82) is 0 Å². The summed E-state index contributed by atoms with van der Waals surface area (Å²) >= 11 is 0. The van der Waals surface area contributed by atoms with Crippen LogP contribution in [-0.4, -0.2) is 15.3 Å². The second kappa shape index (κ2) is 2.58. The first-order valence-electron chi connectivity index (χ1n) is 4.96. The van der Waals surface area contributed by atoms with Crippen LogP contribution in [0.15, 0.2) is 30.5 Å². The van der Waals surface area contributed by atoms with Gasteiger partial charge in [0.05, 0.1) is 12.1 Å². The molecule has 1 aromatic carbocycles. The molecule has 1 saturated carbocycles. The Morgan fingerprint density at radius 2 is 2.14 bits per heavy atom. The van der Waals surface area contributed by atoms with Crippen LogP contribution in [0.25, 0.3) is 10.9 Å². The molecule has 1 fully saturated rings. The first-order chi connectivity index (χ1) is 6.75. The molecular formula is C11H13N3. The largest absolute Gasteiger partial charge is 0.324 e. The Labute approximate surface area is 82.5 Å². The lowest BCUT2D eigenvalue weighted by Gasteiger charge is -2.07. The maximum atomic E-state index is 6.04. The third kappa shape index (κ3) is 1.30. The molecule has 0 aliphatic heterocycles. The Bertz CT molecular complexity index is 435. The van der Waals surface area contributed by atoms with E-state index in [0.717, 1.165) is 24.9 Å². The van der Waals surface area contributed by atoms with Crippen molar-refractivity contribution in [3.8, 4) is 0 Å². The monoisotopic (exact) mass is 187 g/mol. The molecule has 0 radical (unpaired) electrons. The van der Waals surface area contributed by atoms with Crippen LogP contribution >= 0.6 is 0 Å². The summed E-state index contributed by atoms with van der Waals surface area (Å²) in [5.41, 5.74) is 7.12. The van der Waals surface area contributed by atoms with Crippen LogP contribution < -0.4 is 5.73 Å². The average Bonchev–Trinajstić information content (AvgIpc) is 2.77. The van der Waals surface area contributed by atoms with Crippen molar-refractivity contribution < 1.29 is 0 Å². The lowest BCUT2D eigenvalue weighted by atomic mass is 10.3. The summed E-state index contributed by atoms with van der Waals surface area (Å²) in [6.45, 7) is 0.849. The fraction of sp³-hybridized carbons (Fsp3) is 0.364. The highest BCUT2D eigenvalue weighted by Crippen LogP contribution is 2.33. The molecule has 1 aliphatic rings. The molecule has 72 valence electrons. The van der Waals surface area contributed by atoms with Gasteiger partial charge in [0.1, 0.15) is 0 Å². The van der Waals surface area contributed by atoms with Crippen LogP contribution in [0.5, 0.6) is 0 Å². The van der Waals surface area contributed by atoms with Crippen LogP contribution in [0.2, 0.25) is 0 Å². The van der Waals surface area contributed by atoms with Crippen molar-refractivity contribution >= 4 is 10.9 Å². The summed E-state index contributed by atoms with van der Waals surface area (Å²) in [5.74, 6) is 0. The number of aromatic nitrogens is 2. The summed E-state index contributed by atoms with van der Waals surface area (Å²) in [4.78, 5) is 0. The van der Waals surface area contributed by atoms with Crippen LogP contribution in [0.4, 0.5) is 0 Å². The smallest absolute Gasteiger partial charge is 0.0923 e. The predicted molar refractivity (Wildman–Crippen MR) is 55.9 cm³/mol. The van der Waals surface area contributed by atoms with E-state index in [1.807, 2.05) is 22.9 Å². The highest BCUT2D eigenvalue weighted by molar-refractivity contribution is 5.77. The Balaban J connectivity index is 1.98. The molecule has 0 unspecified atom stereocenters. The molecule has 3 heteroatoms. The molecule has 3 rings (SSSR count). The second-order valence-corrected chi connectivity index (χ2v) is 4.25. The van der Waals surface area contributed by atoms with Crippen molar-refractivity contribution in [2.45, 2.75) is 24.9 Å². The lowest BCUT2D eigenvalue weighted by Crippen LogP contribution is -2.28. The zero-order valence-electron chi connectivity index (χ0n) is 7.98. The highest BCUT2D eigenvalue weighted by Gasteiger charge is 2.38. The van der Waals surface area contributed by atoms with E-state index in [2.05, 4.69) is 17.4 Å². The van der Waals surface area contributed by atoms with Gasteiger partial charge in [-0.05, 0) is 18.9 Å². The normalized spacial score (nSPS) is 18.6. The van der Waals surface area contributed by atoms with E-state index in [4.69, 9.17) is 5.73 Å². The molecule has 0 saturated heterocycles. The van der Waals surface area contributed by atoms with Crippen LogP contribution in [0.1, 0.15) is 12.8 Å². The van der Waals surface area contributed by atoms with Crippen molar-refractivity contribution in [2.75, 3.05) is 0 Å². The van der Waals surface area contributed by atoms with E-state index >= 15 is 0 Å². The molecule has 1 aliphatic carbocycles. The first kappa shape index (κ1) is 8.00. The topological polar surface area (TPSA) is 43.8 Å². The molecule has 0 spiro atoms. The Kier molecular flexibility index (Phi) is 1.47. The quantitative estimate of drug-likeness (QED) is 0.774. The molecule has 3 nitrogen and oxygen atoms in total. The van der Waals surface area contributed by atoms with Gasteiger partial charge in [0.2, 0.25) is 0 Å². The minimum absolute atomic E-state index is 0.0298. The fourth-order valence-electron chi connectivity index (χ4n) is 1.74. The maximum Gasteiger partial charge on any atom is 0.0923 e. The van der Waals surface area contributed by atoms with Crippen molar-refractivity contribution in [1.82, 2.24) is 9.78 Å². The highest BCUT2D eigenvalue weighted by atomic mass is 15.3. The summed E-state index contributed by atoms with van der Waals surface area (Å²) in [7, 11) is 0. The van der Waals surface area contributed by atoms with E-state index in [1.54, 1.807) is 0 Å². The summed E-state index contributed by atoms with van der Waals surface area (Å²) < 4.78 is 1.97. The van der Waals surface area contributed by atoms with E-state index in [1.165, 1.54) is 5.39 Å². The SMILES string of the molecule is NC1(Cn2cc3ccccc3n2)CC1. The van der Waals surface area contributed by atoms with Gasteiger partial charge in [-0.15, -0.1) is 0 Å². The molecule has 0 bridgehead atoms. The number of hydrogen-bond acceptors (Lipinski definition) is 2. The van der Waals surface area contributed by atoms with E-state index in [-0.39, 0.29) is 5.54 Å². The molecule has 0 amide bonds. The maximum absolute atomic E-state index is 6.04. The van der Waals surface area contributed by atoms with Crippen LogP contribution in [0.3, 0.4) is 0 Å². The lowest BCUT2D eigenvalue weighted by molar-refractivity contribution is 0.503. The fourth-order valence-corrected chi connectivity index (χ4v) is 1.74. The molecule has 14 heavy (non-hydrogen) atoms. The summed E-state index contributed by atoms with van der Waals surface area (Å²) in [6.07, 6.45) is 4.33. The average molecular weight is 187 g/mol. The minimum atomic E-state index is 0.0298.